The topological polar surface area (TPSA) is 62.5 Å². The van der Waals surface area contributed by atoms with E-state index in [0.717, 1.165) is 22.5 Å². The number of carbonyl (C=O) groups is 1. The van der Waals surface area contributed by atoms with Crippen LogP contribution < -0.4 is 9.80 Å². The van der Waals surface area contributed by atoms with Gasteiger partial charge >= 0.3 is 0 Å². The molecule has 1 fully saturated rings. The van der Waals surface area contributed by atoms with Crippen LogP contribution in [0.2, 0.25) is 5.02 Å². The smallest absolute Gasteiger partial charge is 0.258 e. The van der Waals surface area contributed by atoms with Gasteiger partial charge in [0.25, 0.3) is 5.89 Å². The fourth-order valence-electron chi connectivity index (χ4n) is 3.38. The van der Waals surface area contributed by atoms with E-state index in [1.165, 1.54) is 0 Å². The summed E-state index contributed by atoms with van der Waals surface area (Å²) in [5.74, 6) is 0.887. The van der Waals surface area contributed by atoms with E-state index in [9.17, 15) is 4.79 Å². The first kappa shape index (κ1) is 18.5. The number of anilines is 2. The number of aromatic nitrogens is 2. The molecule has 1 aliphatic rings. The summed E-state index contributed by atoms with van der Waals surface area (Å²) in [4.78, 5) is 20.8. The highest BCUT2D eigenvalue weighted by atomic mass is 35.5. The van der Waals surface area contributed by atoms with Gasteiger partial charge in [0.05, 0.1) is 10.7 Å². The zero-order valence-corrected chi connectivity index (χ0v) is 16.8. The van der Waals surface area contributed by atoms with Gasteiger partial charge in [-0.1, -0.05) is 28.9 Å². The molecule has 1 saturated heterocycles. The van der Waals surface area contributed by atoms with E-state index in [1.807, 2.05) is 68.4 Å². The molecule has 3 aromatic rings. The van der Waals surface area contributed by atoms with Crippen molar-refractivity contribution in [2.75, 3.05) is 30.4 Å². The Bertz CT molecular complexity index is 1030. The number of aryl methyl sites for hydroxylation is 1. The lowest BCUT2D eigenvalue weighted by Gasteiger charge is -2.18. The quantitative estimate of drug-likeness (QED) is 0.658. The molecule has 0 bridgehead atoms. The fourth-order valence-corrected chi connectivity index (χ4v) is 3.72. The first-order valence-corrected chi connectivity index (χ1v) is 9.48. The van der Waals surface area contributed by atoms with Crippen molar-refractivity contribution in [2.45, 2.75) is 19.3 Å². The highest BCUT2D eigenvalue weighted by molar-refractivity contribution is 6.34. The molecule has 2 heterocycles. The molecule has 1 aromatic heterocycles. The highest BCUT2D eigenvalue weighted by Gasteiger charge is 2.35. The molecule has 2 aromatic carbocycles. The van der Waals surface area contributed by atoms with Gasteiger partial charge in [0.2, 0.25) is 5.91 Å². The molecular formula is C21H21ClN4O2. The average Bonchev–Trinajstić information content (AvgIpc) is 3.29. The molecule has 1 unspecified atom stereocenters. The van der Waals surface area contributed by atoms with E-state index < -0.39 is 0 Å². The first-order valence-electron chi connectivity index (χ1n) is 9.10. The third-order valence-corrected chi connectivity index (χ3v) is 5.24. The van der Waals surface area contributed by atoms with E-state index in [4.69, 9.17) is 16.1 Å². The van der Waals surface area contributed by atoms with Crippen molar-refractivity contribution in [3.05, 3.63) is 58.9 Å². The number of carbonyl (C=O) groups excluding carboxylic acids is 1. The second-order valence-electron chi connectivity index (χ2n) is 7.26. The summed E-state index contributed by atoms with van der Waals surface area (Å²) in [5.41, 5.74) is 3.68. The Morgan fingerprint density at radius 1 is 1.21 bits per heavy atom. The Labute approximate surface area is 168 Å². The standard InChI is InChI=1S/C21H21ClN4O2/c1-13-7-8-18(17(22)9-13)26-12-15(11-19(26)27)20-23-21(28-24-20)14-5-4-6-16(10-14)25(2)3/h4-10,15H,11-12H2,1-3H3. The van der Waals surface area contributed by atoms with Crippen molar-refractivity contribution in [3.8, 4) is 11.5 Å². The van der Waals surface area contributed by atoms with Crippen LogP contribution in [0, 0.1) is 6.92 Å². The summed E-state index contributed by atoms with van der Waals surface area (Å²) in [7, 11) is 3.96. The number of nitrogens with zero attached hydrogens (tertiary/aromatic N) is 4. The molecule has 6 nitrogen and oxygen atoms in total. The lowest BCUT2D eigenvalue weighted by Crippen LogP contribution is -2.24. The monoisotopic (exact) mass is 396 g/mol. The molecule has 7 heteroatoms. The zero-order chi connectivity index (χ0) is 19.8. The normalized spacial score (nSPS) is 16.6. The Morgan fingerprint density at radius 2 is 2.04 bits per heavy atom. The lowest BCUT2D eigenvalue weighted by atomic mass is 10.1. The van der Waals surface area contributed by atoms with Gasteiger partial charge in [0.15, 0.2) is 5.82 Å². The van der Waals surface area contributed by atoms with Crippen LogP contribution in [0.4, 0.5) is 11.4 Å². The number of hydrogen-bond donors (Lipinski definition) is 0. The predicted octanol–water partition coefficient (Wildman–Crippen LogP) is 4.28. The van der Waals surface area contributed by atoms with Crippen molar-refractivity contribution < 1.29 is 9.32 Å². The van der Waals surface area contributed by atoms with Gasteiger partial charge in [-0.3, -0.25) is 4.79 Å². The van der Waals surface area contributed by atoms with Crippen LogP contribution in [0.1, 0.15) is 23.7 Å². The summed E-state index contributed by atoms with van der Waals surface area (Å²) in [6.07, 6.45) is 0.334. The molecule has 0 N–H and O–H groups in total. The third-order valence-electron chi connectivity index (χ3n) is 4.94. The van der Waals surface area contributed by atoms with Crippen LogP contribution in [0.3, 0.4) is 0 Å². The molecule has 144 valence electrons. The van der Waals surface area contributed by atoms with Crippen molar-refractivity contribution in [1.82, 2.24) is 10.1 Å². The van der Waals surface area contributed by atoms with Crippen LogP contribution >= 0.6 is 11.6 Å². The minimum absolute atomic E-state index is 0.0108. The second kappa shape index (κ2) is 7.28. The van der Waals surface area contributed by atoms with E-state index in [0.29, 0.717) is 29.7 Å². The summed E-state index contributed by atoms with van der Waals surface area (Å²) in [6, 6.07) is 13.6. The zero-order valence-electron chi connectivity index (χ0n) is 16.0. The molecule has 28 heavy (non-hydrogen) atoms. The van der Waals surface area contributed by atoms with Crippen LogP contribution in [-0.2, 0) is 4.79 Å². The lowest BCUT2D eigenvalue weighted by molar-refractivity contribution is -0.117. The largest absolute Gasteiger partial charge is 0.378 e. The van der Waals surface area contributed by atoms with Crippen LogP contribution in [0.25, 0.3) is 11.5 Å². The maximum Gasteiger partial charge on any atom is 0.258 e. The van der Waals surface area contributed by atoms with E-state index in [2.05, 4.69) is 10.1 Å². The Morgan fingerprint density at radius 3 is 2.79 bits per heavy atom. The number of hydrogen-bond acceptors (Lipinski definition) is 5. The molecule has 0 aliphatic carbocycles. The summed E-state index contributed by atoms with van der Waals surface area (Å²) < 4.78 is 5.48. The van der Waals surface area contributed by atoms with Crippen LogP contribution in [-0.4, -0.2) is 36.7 Å². The van der Waals surface area contributed by atoms with Crippen molar-refractivity contribution in [3.63, 3.8) is 0 Å². The molecule has 1 aliphatic heterocycles. The van der Waals surface area contributed by atoms with Gasteiger partial charge in [0.1, 0.15) is 0 Å². The summed E-state index contributed by atoms with van der Waals surface area (Å²) in [6.45, 7) is 2.45. The minimum atomic E-state index is -0.126. The van der Waals surface area contributed by atoms with Gasteiger partial charge in [0, 0.05) is 44.2 Å². The molecule has 0 saturated carbocycles. The van der Waals surface area contributed by atoms with E-state index in [-0.39, 0.29) is 11.8 Å². The minimum Gasteiger partial charge on any atom is -0.378 e. The van der Waals surface area contributed by atoms with Crippen LogP contribution in [0.15, 0.2) is 47.0 Å². The molecule has 0 spiro atoms. The second-order valence-corrected chi connectivity index (χ2v) is 7.67. The highest BCUT2D eigenvalue weighted by Crippen LogP contribution is 2.35. The Kier molecular flexibility index (Phi) is 4.81. The molecule has 1 atom stereocenters. The Balaban J connectivity index is 1.56. The van der Waals surface area contributed by atoms with Crippen molar-refractivity contribution >= 4 is 28.9 Å². The molecular weight excluding hydrogens is 376 g/mol. The van der Waals surface area contributed by atoms with E-state index in [1.54, 1.807) is 4.90 Å². The predicted molar refractivity (Wildman–Crippen MR) is 110 cm³/mol. The van der Waals surface area contributed by atoms with Crippen molar-refractivity contribution in [2.24, 2.45) is 0 Å². The average molecular weight is 397 g/mol. The van der Waals surface area contributed by atoms with Gasteiger partial charge in [-0.2, -0.15) is 4.98 Å². The van der Waals surface area contributed by atoms with Crippen LogP contribution in [0.5, 0.6) is 0 Å². The van der Waals surface area contributed by atoms with Gasteiger partial charge in [-0.05, 0) is 42.8 Å². The summed E-state index contributed by atoms with van der Waals surface area (Å²) >= 11 is 6.35. The number of benzene rings is 2. The number of amides is 1. The number of halogens is 1. The van der Waals surface area contributed by atoms with Gasteiger partial charge in [-0.25, -0.2) is 0 Å². The summed E-state index contributed by atoms with van der Waals surface area (Å²) in [5, 5.41) is 4.71. The fraction of sp³-hybridized carbons (Fsp3) is 0.286. The van der Waals surface area contributed by atoms with Crippen molar-refractivity contribution in [1.29, 1.82) is 0 Å². The number of rotatable bonds is 4. The third kappa shape index (κ3) is 3.47. The first-order chi connectivity index (χ1) is 13.4. The molecule has 0 radical (unpaired) electrons. The maximum absolute atomic E-state index is 12.6. The van der Waals surface area contributed by atoms with Gasteiger partial charge < -0.3 is 14.3 Å². The molecule has 4 rings (SSSR count). The maximum atomic E-state index is 12.6. The Hall–Kier alpha value is -2.86. The van der Waals surface area contributed by atoms with Gasteiger partial charge in [-0.15, -0.1) is 0 Å². The van der Waals surface area contributed by atoms with E-state index >= 15 is 0 Å². The molecule has 1 amide bonds. The SMILES string of the molecule is Cc1ccc(N2CC(c3noc(-c4cccc(N(C)C)c4)n3)CC2=O)c(Cl)c1.